The van der Waals surface area contributed by atoms with Gasteiger partial charge in [0.1, 0.15) is 6.33 Å². The summed E-state index contributed by atoms with van der Waals surface area (Å²) in [7, 11) is 3.38. The molecular weight excluding hydrogens is 388 g/mol. The van der Waals surface area contributed by atoms with Crippen molar-refractivity contribution in [3.8, 4) is 5.69 Å². The lowest BCUT2D eigenvalue weighted by Gasteiger charge is -2.11. The second-order valence-electron chi connectivity index (χ2n) is 5.66. The summed E-state index contributed by atoms with van der Waals surface area (Å²) in [6.45, 7) is 0. The minimum absolute atomic E-state index is 0.0724. The Labute approximate surface area is 164 Å². The van der Waals surface area contributed by atoms with E-state index < -0.39 is 0 Å². The molecule has 3 rings (SSSR count). The molecule has 10 heteroatoms. The number of anilines is 1. The molecule has 0 unspecified atom stereocenters. The largest absolute Gasteiger partial charge is 0.339 e. The van der Waals surface area contributed by atoms with E-state index in [1.54, 1.807) is 56.6 Å². The quantitative estimate of drug-likeness (QED) is 0.673. The highest BCUT2D eigenvalue weighted by atomic mass is 35.5. The molecule has 0 aliphatic heterocycles. The second-order valence-corrected chi connectivity index (χ2v) is 7.12. The summed E-state index contributed by atoms with van der Waals surface area (Å²) in [5.74, 6) is -0.354. The van der Waals surface area contributed by atoms with E-state index >= 15 is 0 Å². The molecule has 0 radical (unpaired) electrons. The Kier molecular flexibility index (Phi) is 5.72. The normalized spacial score (nSPS) is 10.5. The lowest BCUT2D eigenvalue weighted by atomic mass is 10.1. The first-order valence-corrected chi connectivity index (χ1v) is 8.97. The van der Waals surface area contributed by atoms with E-state index in [0.717, 1.165) is 16.7 Å². The van der Waals surface area contributed by atoms with E-state index in [1.807, 2.05) is 0 Å². The molecule has 0 aliphatic rings. The summed E-state index contributed by atoms with van der Waals surface area (Å²) in [5, 5.41) is 14.1. The third-order valence-electron chi connectivity index (χ3n) is 3.48. The smallest absolute Gasteiger partial charge is 0.285 e. The van der Waals surface area contributed by atoms with E-state index in [-0.39, 0.29) is 11.1 Å². The molecule has 27 heavy (non-hydrogen) atoms. The maximum atomic E-state index is 12.7. The monoisotopic (exact) mass is 402 g/mol. The molecule has 2 amide bonds. The molecule has 3 aromatic rings. The first-order valence-electron chi connectivity index (χ1n) is 7.77. The number of rotatable bonds is 4. The number of nitrogens with zero attached hydrogens (tertiary/aromatic N) is 5. The van der Waals surface area contributed by atoms with Crippen LogP contribution in [0.2, 0.25) is 5.02 Å². The lowest BCUT2D eigenvalue weighted by Crippen LogP contribution is -2.16. The van der Waals surface area contributed by atoms with Gasteiger partial charge >= 0.3 is 0 Å². The SMILES string of the molecule is CN(C)C(=O)Sc1ccc(NC(=O)c2cc(Cl)ccc2-n2cnnn2)cc1. The Hall–Kier alpha value is -2.91. The molecule has 0 atom stereocenters. The number of halogens is 1. The molecule has 0 saturated carbocycles. The fraction of sp³-hybridized carbons (Fsp3) is 0.118. The van der Waals surface area contributed by atoms with Crippen LogP contribution >= 0.6 is 23.4 Å². The van der Waals surface area contributed by atoms with E-state index in [2.05, 4.69) is 20.8 Å². The zero-order valence-corrected chi connectivity index (χ0v) is 16.0. The summed E-state index contributed by atoms with van der Waals surface area (Å²) in [5.41, 5.74) is 1.42. The molecule has 2 aromatic carbocycles. The predicted octanol–water partition coefficient (Wildman–Crippen LogP) is 3.34. The van der Waals surface area contributed by atoms with Crippen LogP contribution in [-0.4, -0.2) is 50.3 Å². The summed E-state index contributed by atoms with van der Waals surface area (Å²) in [6.07, 6.45) is 1.40. The molecule has 0 fully saturated rings. The van der Waals surface area contributed by atoms with Crippen LogP contribution < -0.4 is 5.32 Å². The highest BCUT2D eigenvalue weighted by Crippen LogP contribution is 2.24. The Balaban J connectivity index is 1.78. The van der Waals surface area contributed by atoms with Gasteiger partial charge in [-0.2, -0.15) is 4.68 Å². The number of carbonyl (C=O) groups excluding carboxylic acids is 2. The lowest BCUT2D eigenvalue weighted by molar-refractivity contribution is 0.102. The summed E-state index contributed by atoms with van der Waals surface area (Å²) >= 11 is 7.15. The van der Waals surface area contributed by atoms with Crippen LogP contribution in [0.3, 0.4) is 0 Å². The minimum atomic E-state index is -0.354. The maximum absolute atomic E-state index is 12.7. The van der Waals surface area contributed by atoms with Crippen molar-refractivity contribution in [1.82, 2.24) is 25.1 Å². The van der Waals surface area contributed by atoms with Gasteiger partial charge in [0.15, 0.2) is 0 Å². The molecule has 8 nitrogen and oxygen atoms in total. The van der Waals surface area contributed by atoms with E-state index in [1.165, 1.54) is 15.9 Å². The number of tetrazole rings is 1. The average Bonchev–Trinajstić information content (AvgIpc) is 3.17. The van der Waals surface area contributed by atoms with Crippen molar-refractivity contribution in [2.75, 3.05) is 19.4 Å². The predicted molar refractivity (Wildman–Crippen MR) is 103 cm³/mol. The van der Waals surface area contributed by atoms with Gasteiger partial charge in [0.05, 0.1) is 11.3 Å². The van der Waals surface area contributed by atoms with E-state index in [4.69, 9.17) is 11.6 Å². The van der Waals surface area contributed by atoms with Crippen molar-refractivity contribution in [3.05, 3.63) is 59.4 Å². The molecule has 0 bridgehead atoms. The molecule has 0 saturated heterocycles. The molecule has 0 aliphatic carbocycles. The molecule has 138 valence electrons. The van der Waals surface area contributed by atoms with Gasteiger partial charge in [0.2, 0.25) is 0 Å². The second kappa shape index (κ2) is 8.19. The number of hydrogen-bond acceptors (Lipinski definition) is 6. The van der Waals surface area contributed by atoms with E-state index in [9.17, 15) is 9.59 Å². The number of carbonyl (C=O) groups is 2. The van der Waals surface area contributed by atoms with Crippen LogP contribution in [0.1, 0.15) is 10.4 Å². The maximum Gasteiger partial charge on any atom is 0.285 e. The standard InChI is InChI=1S/C17H15ClN6O2S/c1-23(2)17(26)27-13-6-4-12(5-7-13)20-16(25)14-9-11(18)3-8-15(14)24-10-19-21-22-24/h3-10H,1-2H3,(H,20,25). The summed E-state index contributed by atoms with van der Waals surface area (Å²) in [4.78, 5) is 26.7. The van der Waals surface area contributed by atoms with Gasteiger partial charge in [-0.15, -0.1) is 5.10 Å². The fourth-order valence-electron chi connectivity index (χ4n) is 2.16. The fourth-order valence-corrected chi connectivity index (χ4v) is 2.99. The van der Waals surface area contributed by atoms with Crippen molar-refractivity contribution in [2.45, 2.75) is 4.90 Å². The zero-order chi connectivity index (χ0) is 19.4. The van der Waals surface area contributed by atoms with Gasteiger partial charge in [0, 0.05) is 29.7 Å². The van der Waals surface area contributed by atoms with Gasteiger partial charge in [0.25, 0.3) is 11.1 Å². The van der Waals surface area contributed by atoms with Crippen LogP contribution in [0.4, 0.5) is 10.5 Å². The summed E-state index contributed by atoms with van der Waals surface area (Å²) in [6, 6.07) is 11.9. The average molecular weight is 403 g/mol. The minimum Gasteiger partial charge on any atom is -0.339 e. The van der Waals surface area contributed by atoms with Gasteiger partial charge in [-0.25, -0.2) is 0 Å². The first kappa shape index (κ1) is 18.9. The van der Waals surface area contributed by atoms with Gasteiger partial charge in [-0.3, -0.25) is 9.59 Å². The van der Waals surface area contributed by atoms with Crippen LogP contribution in [0.5, 0.6) is 0 Å². The molecule has 1 aromatic heterocycles. The third kappa shape index (κ3) is 4.63. The third-order valence-corrected chi connectivity index (χ3v) is 4.76. The highest BCUT2D eigenvalue weighted by Gasteiger charge is 2.15. The summed E-state index contributed by atoms with van der Waals surface area (Å²) < 4.78 is 1.39. The van der Waals surface area contributed by atoms with Gasteiger partial charge in [-0.05, 0) is 64.7 Å². The molecule has 1 heterocycles. The van der Waals surface area contributed by atoms with Gasteiger partial charge < -0.3 is 10.2 Å². The number of amides is 2. The highest BCUT2D eigenvalue weighted by molar-refractivity contribution is 8.13. The van der Waals surface area contributed by atoms with Crippen molar-refractivity contribution in [1.29, 1.82) is 0 Å². The van der Waals surface area contributed by atoms with Crippen LogP contribution in [-0.2, 0) is 0 Å². The first-order chi connectivity index (χ1) is 12.9. The Morgan fingerprint density at radius 2 is 1.89 bits per heavy atom. The molecule has 0 spiro atoms. The Bertz CT molecular complexity index is 960. The van der Waals surface area contributed by atoms with Crippen molar-refractivity contribution < 1.29 is 9.59 Å². The van der Waals surface area contributed by atoms with Crippen molar-refractivity contribution in [3.63, 3.8) is 0 Å². The molecule has 1 N–H and O–H groups in total. The topological polar surface area (TPSA) is 93.0 Å². The number of nitrogens with one attached hydrogen (secondary N) is 1. The van der Waals surface area contributed by atoms with Crippen LogP contribution in [0.25, 0.3) is 5.69 Å². The van der Waals surface area contributed by atoms with Crippen LogP contribution in [0, 0.1) is 0 Å². The van der Waals surface area contributed by atoms with Crippen molar-refractivity contribution in [2.24, 2.45) is 0 Å². The van der Waals surface area contributed by atoms with E-state index in [0.29, 0.717) is 22.0 Å². The number of aromatic nitrogens is 4. The Morgan fingerprint density at radius 3 is 2.52 bits per heavy atom. The molecular formula is C17H15ClN6O2S. The number of thioether (sulfide) groups is 1. The van der Waals surface area contributed by atoms with Gasteiger partial charge in [-0.1, -0.05) is 11.6 Å². The number of hydrogen-bond donors (Lipinski definition) is 1. The zero-order valence-electron chi connectivity index (χ0n) is 14.5. The Morgan fingerprint density at radius 1 is 1.15 bits per heavy atom. The van der Waals surface area contributed by atoms with Crippen LogP contribution in [0.15, 0.2) is 53.7 Å². The van der Waals surface area contributed by atoms with Crippen molar-refractivity contribution >= 4 is 40.2 Å². The number of benzene rings is 2.